The fraction of sp³-hybridized carbons (Fsp3) is 0.115. The summed E-state index contributed by atoms with van der Waals surface area (Å²) in [5, 5.41) is 3.19. The number of imidazole rings is 1. The lowest BCUT2D eigenvalue weighted by atomic mass is 10.1. The number of thioether (sulfide) groups is 1. The van der Waals surface area contributed by atoms with Crippen molar-refractivity contribution in [3.8, 4) is 0 Å². The molecule has 4 rings (SSSR count). The Labute approximate surface area is 191 Å². The van der Waals surface area contributed by atoms with Gasteiger partial charge < -0.3 is 9.88 Å². The van der Waals surface area contributed by atoms with Gasteiger partial charge in [-0.05, 0) is 36.8 Å². The molecule has 1 heterocycles. The Morgan fingerprint density at radius 2 is 1.81 bits per heavy atom. The summed E-state index contributed by atoms with van der Waals surface area (Å²) >= 11 is 1.40. The van der Waals surface area contributed by atoms with Crippen LogP contribution in [0.15, 0.2) is 96.7 Å². The van der Waals surface area contributed by atoms with E-state index in [1.165, 1.54) is 18.7 Å². The van der Waals surface area contributed by atoms with E-state index < -0.39 is 5.25 Å². The summed E-state index contributed by atoms with van der Waals surface area (Å²) < 4.78 is 2.06. The fourth-order valence-corrected chi connectivity index (χ4v) is 4.60. The molecule has 6 heteroatoms. The molecular formula is C26H23N3O2S. The number of Topliss-reactive ketones (excluding diaryl/α,β-unsaturated/α-hetero) is 1. The largest absolute Gasteiger partial charge is 0.325 e. The molecule has 0 aliphatic rings. The summed E-state index contributed by atoms with van der Waals surface area (Å²) in [6.07, 6.45) is 1.82. The number of benzene rings is 3. The molecule has 1 amide bonds. The molecule has 32 heavy (non-hydrogen) atoms. The lowest BCUT2D eigenvalue weighted by Gasteiger charge is -2.17. The highest BCUT2D eigenvalue weighted by atomic mass is 32.2. The van der Waals surface area contributed by atoms with Crippen LogP contribution in [0.25, 0.3) is 11.0 Å². The first-order valence-corrected chi connectivity index (χ1v) is 11.1. The van der Waals surface area contributed by atoms with E-state index in [4.69, 9.17) is 4.98 Å². The van der Waals surface area contributed by atoms with Gasteiger partial charge in [0.15, 0.2) is 10.9 Å². The van der Waals surface area contributed by atoms with Crippen LogP contribution >= 0.6 is 11.8 Å². The number of fused-ring (bicyclic) bond motifs is 1. The molecule has 0 aliphatic carbocycles. The number of hydrogen-bond acceptors (Lipinski definition) is 4. The number of hydrogen-bond donors (Lipinski definition) is 1. The minimum atomic E-state index is -0.530. The molecule has 0 spiro atoms. The highest BCUT2D eigenvalue weighted by Crippen LogP contribution is 2.37. The van der Waals surface area contributed by atoms with E-state index in [1.807, 2.05) is 60.7 Å². The van der Waals surface area contributed by atoms with Crippen molar-refractivity contribution in [3.05, 3.63) is 103 Å². The molecule has 0 saturated carbocycles. The summed E-state index contributed by atoms with van der Waals surface area (Å²) in [5.74, 6) is -0.229. The summed E-state index contributed by atoms with van der Waals surface area (Å²) in [6.45, 7) is 5.97. The van der Waals surface area contributed by atoms with Crippen LogP contribution in [0.2, 0.25) is 0 Å². The molecule has 0 radical (unpaired) electrons. The highest BCUT2D eigenvalue weighted by Gasteiger charge is 2.25. The zero-order valence-electron chi connectivity index (χ0n) is 17.7. The molecule has 1 unspecified atom stereocenters. The van der Waals surface area contributed by atoms with Crippen LogP contribution in [0, 0.1) is 0 Å². The second-order valence-electron chi connectivity index (χ2n) is 7.32. The van der Waals surface area contributed by atoms with Gasteiger partial charge in [0.1, 0.15) is 5.25 Å². The number of rotatable bonds is 8. The number of ketones is 1. The smallest absolute Gasteiger partial charge is 0.242 e. The molecule has 0 aliphatic heterocycles. The molecule has 3 aromatic carbocycles. The summed E-state index contributed by atoms with van der Waals surface area (Å²) in [6, 6.07) is 24.5. The van der Waals surface area contributed by atoms with E-state index in [-0.39, 0.29) is 11.7 Å². The number of carbonyl (C=O) groups excluding carboxylic acids is 2. The number of aromatic nitrogens is 2. The van der Waals surface area contributed by atoms with E-state index in [0.29, 0.717) is 17.8 Å². The van der Waals surface area contributed by atoms with Crippen LogP contribution in [0.3, 0.4) is 0 Å². The Morgan fingerprint density at radius 3 is 2.56 bits per heavy atom. The first-order valence-electron chi connectivity index (χ1n) is 10.3. The van der Waals surface area contributed by atoms with Gasteiger partial charge in [-0.3, -0.25) is 9.59 Å². The number of nitrogens with one attached hydrogen (secondary N) is 1. The third kappa shape index (κ3) is 4.65. The van der Waals surface area contributed by atoms with Gasteiger partial charge in [0.25, 0.3) is 0 Å². The summed E-state index contributed by atoms with van der Waals surface area (Å²) in [7, 11) is 0. The van der Waals surface area contributed by atoms with Crippen molar-refractivity contribution in [1.82, 2.24) is 9.55 Å². The van der Waals surface area contributed by atoms with Crippen molar-refractivity contribution < 1.29 is 9.59 Å². The standard InChI is InChI=1S/C26H23N3O2S/c1-3-16-29-23-15-8-7-14-22(23)28-26(29)32-24(19-10-5-4-6-11-19)25(31)27-21-13-9-12-20(17-21)18(2)30/h3-15,17,24H,1,16H2,2H3,(H,27,31). The highest BCUT2D eigenvalue weighted by molar-refractivity contribution is 8.00. The minimum Gasteiger partial charge on any atom is -0.325 e. The molecule has 1 N–H and O–H groups in total. The molecule has 0 bridgehead atoms. The Kier molecular flexibility index (Phi) is 6.52. The van der Waals surface area contributed by atoms with E-state index in [2.05, 4.69) is 16.5 Å². The number of carbonyl (C=O) groups is 2. The predicted octanol–water partition coefficient (Wildman–Crippen LogP) is 5.90. The van der Waals surface area contributed by atoms with Gasteiger partial charge in [-0.15, -0.1) is 6.58 Å². The molecular weight excluding hydrogens is 418 g/mol. The van der Waals surface area contributed by atoms with Crippen LogP contribution in [0.1, 0.15) is 28.1 Å². The van der Waals surface area contributed by atoms with E-state index in [1.54, 1.807) is 24.3 Å². The van der Waals surface area contributed by atoms with Crippen molar-refractivity contribution in [2.75, 3.05) is 5.32 Å². The molecule has 1 atom stereocenters. The maximum atomic E-state index is 13.4. The van der Waals surface area contributed by atoms with E-state index in [0.717, 1.165) is 21.8 Å². The van der Waals surface area contributed by atoms with Crippen LogP contribution in [-0.4, -0.2) is 21.2 Å². The van der Waals surface area contributed by atoms with Crippen LogP contribution < -0.4 is 5.32 Å². The van der Waals surface area contributed by atoms with Crippen molar-refractivity contribution in [3.63, 3.8) is 0 Å². The van der Waals surface area contributed by atoms with Crippen molar-refractivity contribution in [2.24, 2.45) is 0 Å². The summed E-state index contributed by atoms with van der Waals surface area (Å²) in [5.41, 5.74) is 3.88. The SMILES string of the molecule is C=CCn1c(SC(C(=O)Nc2cccc(C(C)=O)c2)c2ccccc2)nc2ccccc21. The van der Waals surface area contributed by atoms with Crippen LogP contribution in [0.4, 0.5) is 5.69 Å². The molecule has 5 nitrogen and oxygen atoms in total. The van der Waals surface area contributed by atoms with Crippen molar-refractivity contribution in [2.45, 2.75) is 23.9 Å². The quantitative estimate of drug-likeness (QED) is 0.210. The Bertz CT molecular complexity index is 1280. The third-order valence-corrected chi connectivity index (χ3v) is 6.28. The van der Waals surface area contributed by atoms with Gasteiger partial charge in [0.05, 0.1) is 11.0 Å². The average Bonchev–Trinajstić information content (AvgIpc) is 3.15. The lowest BCUT2D eigenvalue weighted by Crippen LogP contribution is -2.19. The summed E-state index contributed by atoms with van der Waals surface area (Å²) in [4.78, 5) is 29.9. The van der Waals surface area contributed by atoms with E-state index >= 15 is 0 Å². The maximum absolute atomic E-state index is 13.4. The number of para-hydroxylation sites is 2. The zero-order chi connectivity index (χ0) is 22.5. The average molecular weight is 442 g/mol. The Balaban J connectivity index is 1.69. The second-order valence-corrected chi connectivity index (χ2v) is 8.39. The van der Waals surface area contributed by atoms with Gasteiger partial charge >= 0.3 is 0 Å². The first-order chi connectivity index (χ1) is 15.6. The number of allylic oxidation sites excluding steroid dienone is 1. The molecule has 4 aromatic rings. The van der Waals surface area contributed by atoms with Gasteiger partial charge in [-0.2, -0.15) is 0 Å². The number of anilines is 1. The molecule has 0 fully saturated rings. The van der Waals surface area contributed by atoms with Crippen molar-refractivity contribution in [1.29, 1.82) is 0 Å². The molecule has 0 saturated heterocycles. The predicted molar refractivity (Wildman–Crippen MR) is 130 cm³/mol. The van der Waals surface area contributed by atoms with Crippen LogP contribution in [0.5, 0.6) is 0 Å². The number of amides is 1. The zero-order valence-corrected chi connectivity index (χ0v) is 18.5. The van der Waals surface area contributed by atoms with Crippen LogP contribution in [-0.2, 0) is 11.3 Å². The fourth-order valence-electron chi connectivity index (χ4n) is 3.48. The van der Waals surface area contributed by atoms with Crippen molar-refractivity contribution >= 4 is 40.2 Å². The Morgan fingerprint density at radius 1 is 1.06 bits per heavy atom. The van der Waals surface area contributed by atoms with Gasteiger partial charge in [0, 0.05) is 17.8 Å². The number of nitrogens with zero attached hydrogens (tertiary/aromatic N) is 2. The monoisotopic (exact) mass is 441 g/mol. The topological polar surface area (TPSA) is 64.0 Å². The molecule has 160 valence electrons. The first kappa shape index (κ1) is 21.6. The third-order valence-electron chi connectivity index (χ3n) is 5.03. The normalized spacial score (nSPS) is 11.8. The molecule has 1 aromatic heterocycles. The van der Waals surface area contributed by atoms with E-state index in [9.17, 15) is 9.59 Å². The van der Waals surface area contributed by atoms with Gasteiger partial charge in [-0.1, -0.05) is 72.4 Å². The maximum Gasteiger partial charge on any atom is 0.242 e. The van der Waals surface area contributed by atoms with Gasteiger partial charge in [0.2, 0.25) is 5.91 Å². The van der Waals surface area contributed by atoms with Gasteiger partial charge in [-0.25, -0.2) is 4.98 Å². The lowest BCUT2D eigenvalue weighted by molar-refractivity contribution is -0.115. The second kappa shape index (κ2) is 9.66. The minimum absolute atomic E-state index is 0.0479. The Hall–Kier alpha value is -3.64.